The highest BCUT2D eigenvalue weighted by Crippen LogP contribution is 2.32. The Labute approximate surface area is 98.8 Å². The molecule has 0 aliphatic carbocycles. The van der Waals surface area contributed by atoms with Crippen molar-refractivity contribution in [1.82, 2.24) is 4.90 Å². The Kier molecular flexibility index (Phi) is 3.32. The van der Waals surface area contributed by atoms with Crippen LogP contribution < -0.4 is 0 Å². The fourth-order valence-electron chi connectivity index (χ4n) is 2.07. The molecule has 1 aromatic heterocycles. The molecule has 1 aromatic rings. The van der Waals surface area contributed by atoms with Crippen LogP contribution in [0.25, 0.3) is 0 Å². The average Bonchev–Trinajstić information content (AvgIpc) is 2.67. The molecule has 0 spiro atoms. The molecule has 0 aromatic carbocycles. The van der Waals surface area contributed by atoms with Gasteiger partial charge in [-0.2, -0.15) is 0 Å². The Balaban J connectivity index is 2.16. The molecule has 4 heteroatoms. The molecule has 1 atom stereocenters. The van der Waals surface area contributed by atoms with Crippen molar-refractivity contribution in [2.45, 2.75) is 25.8 Å². The number of rotatable bonds is 2. The van der Waals surface area contributed by atoms with Gasteiger partial charge in [-0.15, -0.1) is 22.9 Å². The zero-order valence-corrected chi connectivity index (χ0v) is 10.3. The summed E-state index contributed by atoms with van der Waals surface area (Å²) in [5.41, 5.74) is 1.31. The van der Waals surface area contributed by atoms with E-state index in [1.165, 1.54) is 10.4 Å². The molecule has 2 heterocycles. The van der Waals surface area contributed by atoms with Gasteiger partial charge in [-0.05, 0) is 30.4 Å². The molecule has 0 saturated carbocycles. The second-order valence-electron chi connectivity index (χ2n) is 3.75. The lowest BCUT2D eigenvalue weighted by molar-refractivity contribution is -0.133. The fraction of sp³-hybridized carbons (Fsp3) is 0.545. The van der Waals surface area contributed by atoms with Crippen molar-refractivity contribution in [1.29, 1.82) is 0 Å². The third-order valence-electron chi connectivity index (χ3n) is 2.91. The highest BCUT2D eigenvalue weighted by atomic mass is 35.5. The second-order valence-corrected chi connectivity index (χ2v) is 5.13. The normalized spacial score (nSPS) is 20.1. The van der Waals surface area contributed by atoms with E-state index in [0.29, 0.717) is 12.3 Å². The van der Waals surface area contributed by atoms with Gasteiger partial charge in [-0.1, -0.05) is 0 Å². The van der Waals surface area contributed by atoms with Crippen LogP contribution in [0.1, 0.15) is 29.8 Å². The van der Waals surface area contributed by atoms with E-state index in [9.17, 15) is 4.79 Å². The largest absolute Gasteiger partial charge is 0.336 e. The fourth-order valence-corrected chi connectivity index (χ4v) is 3.20. The first-order valence-electron chi connectivity index (χ1n) is 5.15. The molecule has 0 radical (unpaired) electrons. The molecule has 0 N–H and O–H groups in total. The van der Waals surface area contributed by atoms with E-state index in [1.54, 1.807) is 11.3 Å². The highest BCUT2D eigenvalue weighted by molar-refractivity contribution is 7.10. The molecule has 0 saturated heterocycles. The van der Waals surface area contributed by atoms with Crippen molar-refractivity contribution in [2.75, 3.05) is 12.4 Å². The zero-order chi connectivity index (χ0) is 10.8. The summed E-state index contributed by atoms with van der Waals surface area (Å²) in [6.07, 6.45) is 1.44. The van der Waals surface area contributed by atoms with Gasteiger partial charge in [0.1, 0.15) is 0 Å². The maximum atomic E-state index is 11.8. The van der Waals surface area contributed by atoms with Crippen molar-refractivity contribution < 1.29 is 4.79 Å². The third-order valence-corrected chi connectivity index (χ3v) is 4.09. The van der Waals surface area contributed by atoms with Crippen LogP contribution in [-0.2, 0) is 11.2 Å². The van der Waals surface area contributed by atoms with Gasteiger partial charge in [0.15, 0.2) is 0 Å². The molecule has 0 bridgehead atoms. The number of nitrogens with zero attached hydrogens (tertiary/aromatic N) is 1. The Bertz CT molecular complexity index is 363. The minimum Gasteiger partial charge on any atom is -0.336 e. The molecule has 82 valence electrons. The monoisotopic (exact) mass is 243 g/mol. The average molecular weight is 244 g/mol. The number of thiophene rings is 1. The van der Waals surface area contributed by atoms with Crippen LogP contribution in [0.2, 0.25) is 0 Å². The summed E-state index contributed by atoms with van der Waals surface area (Å²) in [6.45, 7) is 2.93. The van der Waals surface area contributed by atoms with Gasteiger partial charge in [-0.25, -0.2) is 0 Å². The van der Waals surface area contributed by atoms with Gasteiger partial charge in [0.05, 0.1) is 6.04 Å². The molecule has 1 amide bonds. The van der Waals surface area contributed by atoms with Crippen LogP contribution in [0, 0.1) is 0 Å². The summed E-state index contributed by atoms with van der Waals surface area (Å²) in [5, 5.41) is 2.11. The van der Waals surface area contributed by atoms with Gasteiger partial charge in [0, 0.05) is 23.7 Å². The smallest absolute Gasteiger partial charge is 0.224 e. The summed E-state index contributed by atoms with van der Waals surface area (Å²) < 4.78 is 0. The summed E-state index contributed by atoms with van der Waals surface area (Å²) in [6, 6.07) is 2.35. The first-order chi connectivity index (χ1) is 7.24. The van der Waals surface area contributed by atoms with Gasteiger partial charge in [0.25, 0.3) is 0 Å². The van der Waals surface area contributed by atoms with E-state index in [2.05, 4.69) is 18.4 Å². The van der Waals surface area contributed by atoms with Crippen molar-refractivity contribution in [3.8, 4) is 0 Å². The minimum atomic E-state index is 0.175. The van der Waals surface area contributed by atoms with Crippen LogP contribution in [0.5, 0.6) is 0 Å². The highest BCUT2D eigenvalue weighted by Gasteiger charge is 2.27. The van der Waals surface area contributed by atoms with E-state index < -0.39 is 0 Å². The van der Waals surface area contributed by atoms with Gasteiger partial charge in [-0.3, -0.25) is 4.79 Å². The Morgan fingerprint density at radius 2 is 2.53 bits per heavy atom. The third kappa shape index (κ3) is 2.04. The predicted octanol–water partition coefficient (Wildman–Crippen LogP) is 2.82. The molecule has 2 rings (SSSR count). The standard InChI is InChI=1S/C11H14ClNOS/c1-8-9-4-7-15-10(9)3-6-13(8)11(14)2-5-12/h4,7-8H,2-3,5-6H2,1H3. The summed E-state index contributed by atoms with van der Waals surface area (Å²) >= 11 is 7.39. The topological polar surface area (TPSA) is 20.3 Å². The lowest BCUT2D eigenvalue weighted by Gasteiger charge is -2.33. The number of amides is 1. The number of carbonyl (C=O) groups excluding carboxylic acids is 1. The Hall–Kier alpha value is -0.540. The maximum Gasteiger partial charge on any atom is 0.224 e. The number of halogens is 1. The molecule has 1 aliphatic heterocycles. The lowest BCUT2D eigenvalue weighted by Crippen LogP contribution is -2.38. The van der Waals surface area contributed by atoms with Crippen LogP contribution >= 0.6 is 22.9 Å². The van der Waals surface area contributed by atoms with E-state index in [0.717, 1.165) is 13.0 Å². The Morgan fingerprint density at radius 3 is 3.27 bits per heavy atom. The van der Waals surface area contributed by atoms with Crippen LogP contribution in [0.15, 0.2) is 11.4 Å². The molecular weight excluding hydrogens is 230 g/mol. The quantitative estimate of drug-likeness (QED) is 0.732. The molecule has 1 aliphatic rings. The minimum absolute atomic E-state index is 0.175. The number of fused-ring (bicyclic) bond motifs is 1. The van der Waals surface area contributed by atoms with Crippen molar-refractivity contribution in [2.24, 2.45) is 0 Å². The first kappa shape index (κ1) is 11.0. The van der Waals surface area contributed by atoms with Crippen LogP contribution in [0.3, 0.4) is 0 Å². The lowest BCUT2D eigenvalue weighted by atomic mass is 10.0. The van der Waals surface area contributed by atoms with E-state index in [-0.39, 0.29) is 11.9 Å². The Morgan fingerprint density at radius 1 is 1.73 bits per heavy atom. The van der Waals surface area contributed by atoms with Gasteiger partial charge >= 0.3 is 0 Å². The molecule has 1 unspecified atom stereocenters. The first-order valence-corrected chi connectivity index (χ1v) is 6.57. The van der Waals surface area contributed by atoms with Crippen molar-refractivity contribution in [3.05, 3.63) is 21.9 Å². The maximum absolute atomic E-state index is 11.8. The summed E-state index contributed by atoms with van der Waals surface area (Å²) in [7, 11) is 0. The van der Waals surface area contributed by atoms with Crippen molar-refractivity contribution >= 4 is 28.8 Å². The second kappa shape index (κ2) is 4.54. The number of hydrogen-bond acceptors (Lipinski definition) is 2. The van der Waals surface area contributed by atoms with Crippen LogP contribution in [-0.4, -0.2) is 23.2 Å². The predicted molar refractivity (Wildman–Crippen MR) is 63.5 cm³/mol. The van der Waals surface area contributed by atoms with Gasteiger partial charge < -0.3 is 4.90 Å². The molecule has 15 heavy (non-hydrogen) atoms. The van der Waals surface area contributed by atoms with E-state index in [1.807, 2.05) is 4.90 Å². The number of alkyl halides is 1. The van der Waals surface area contributed by atoms with Gasteiger partial charge in [0.2, 0.25) is 5.91 Å². The number of hydrogen-bond donors (Lipinski definition) is 0. The molecule has 0 fully saturated rings. The molecule has 2 nitrogen and oxygen atoms in total. The summed E-state index contributed by atoms with van der Waals surface area (Å²) in [5.74, 6) is 0.591. The van der Waals surface area contributed by atoms with Crippen LogP contribution in [0.4, 0.5) is 0 Å². The van der Waals surface area contributed by atoms with E-state index >= 15 is 0 Å². The van der Waals surface area contributed by atoms with E-state index in [4.69, 9.17) is 11.6 Å². The molecular formula is C11H14ClNOS. The van der Waals surface area contributed by atoms with Crippen molar-refractivity contribution in [3.63, 3.8) is 0 Å². The SMILES string of the molecule is CC1c2ccsc2CCN1C(=O)CCCl. The zero-order valence-electron chi connectivity index (χ0n) is 8.70. The summed E-state index contributed by atoms with van der Waals surface area (Å²) in [4.78, 5) is 15.2. The number of carbonyl (C=O) groups is 1.